The van der Waals surface area contributed by atoms with Crippen molar-refractivity contribution in [2.45, 2.75) is 19.0 Å². The summed E-state index contributed by atoms with van der Waals surface area (Å²) in [5.41, 5.74) is 1.14. The number of rotatable bonds is 5. The van der Waals surface area contributed by atoms with Crippen molar-refractivity contribution >= 4 is 57.8 Å². The molecule has 0 aliphatic carbocycles. The van der Waals surface area contributed by atoms with Crippen LogP contribution in [0, 0.1) is 0 Å². The van der Waals surface area contributed by atoms with E-state index in [4.69, 9.17) is 28.2 Å². The summed E-state index contributed by atoms with van der Waals surface area (Å²) < 4.78 is 4.29. The lowest BCUT2D eigenvalue weighted by Crippen LogP contribution is -2.53. The fraction of sp³-hybridized carbons (Fsp3) is 0.321. The minimum atomic E-state index is -0.565. The predicted octanol–water partition coefficient (Wildman–Crippen LogP) is 2.24. The first-order chi connectivity index (χ1) is 19.6. The molecule has 2 aromatic carbocycles. The van der Waals surface area contributed by atoms with Gasteiger partial charge in [-0.05, 0) is 35.9 Å². The number of piperazine rings is 1. The number of hydrogen-bond donors (Lipinski definition) is 0. The van der Waals surface area contributed by atoms with Crippen LogP contribution in [0.25, 0.3) is 11.2 Å². The van der Waals surface area contributed by atoms with Gasteiger partial charge in [-0.3, -0.25) is 33.0 Å². The molecule has 13 heteroatoms. The van der Waals surface area contributed by atoms with Gasteiger partial charge in [-0.2, -0.15) is 4.98 Å². The van der Waals surface area contributed by atoms with Crippen LogP contribution in [0.4, 0.5) is 11.6 Å². The van der Waals surface area contributed by atoms with E-state index in [1.54, 1.807) is 43.4 Å². The Labute approximate surface area is 244 Å². The van der Waals surface area contributed by atoms with E-state index in [-0.39, 0.29) is 18.2 Å². The first kappa shape index (κ1) is 27.3. The van der Waals surface area contributed by atoms with Crippen LogP contribution in [0.2, 0.25) is 10.0 Å². The molecule has 1 unspecified atom stereocenters. The molecule has 4 aromatic rings. The van der Waals surface area contributed by atoms with Gasteiger partial charge in [0, 0.05) is 50.3 Å². The third-order valence-corrected chi connectivity index (χ3v) is 8.30. The van der Waals surface area contributed by atoms with Crippen LogP contribution in [0.15, 0.2) is 58.1 Å². The summed E-state index contributed by atoms with van der Waals surface area (Å²) in [5.74, 6) is 0.0349. The number of fused-ring (bicyclic) bond motifs is 1. The van der Waals surface area contributed by atoms with E-state index < -0.39 is 17.3 Å². The lowest BCUT2D eigenvalue weighted by molar-refractivity contribution is -0.123. The highest BCUT2D eigenvalue weighted by Gasteiger charge is 2.43. The average Bonchev–Trinajstić information content (AvgIpc) is 3.48. The smallest absolute Gasteiger partial charge is 0.332 e. The lowest BCUT2D eigenvalue weighted by atomic mass is 10.1. The summed E-state index contributed by atoms with van der Waals surface area (Å²) in [5, 5.41) is 1.06. The van der Waals surface area contributed by atoms with Gasteiger partial charge in [-0.25, -0.2) is 9.69 Å². The summed E-state index contributed by atoms with van der Waals surface area (Å²) in [4.78, 5) is 62.2. The van der Waals surface area contributed by atoms with Gasteiger partial charge < -0.3 is 4.90 Å². The second-order valence-electron chi connectivity index (χ2n) is 10.3. The van der Waals surface area contributed by atoms with Crippen LogP contribution >= 0.6 is 23.2 Å². The zero-order chi connectivity index (χ0) is 29.0. The van der Waals surface area contributed by atoms with E-state index in [0.717, 1.165) is 10.1 Å². The average molecular weight is 596 g/mol. The van der Waals surface area contributed by atoms with Gasteiger partial charge in [0.1, 0.15) is 0 Å². The SMILES string of the molecule is Cn1c(=O)c2c(nc(N3CCN(C4CC(=O)N(c5cccc(Cl)c5)C4=O)CC3)n2Cc2ccc(Cl)cc2)n(C)c1=O. The number of imidazole rings is 1. The van der Waals surface area contributed by atoms with Crippen molar-refractivity contribution in [2.24, 2.45) is 14.1 Å². The standard InChI is InChI=1S/C28H27Cl2N7O4/c1-32-24-23(26(40)33(2)28(32)41)36(16-17-6-8-18(29)9-7-17)27(31-24)35-12-10-34(11-13-35)21-15-22(38)37(25(21)39)20-5-3-4-19(30)14-20/h3-9,14,21H,10-13,15-16H2,1-2H3. The van der Waals surface area contributed by atoms with Crippen molar-refractivity contribution < 1.29 is 9.59 Å². The molecule has 2 fully saturated rings. The van der Waals surface area contributed by atoms with Crippen molar-refractivity contribution in [2.75, 3.05) is 36.0 Å². The van der Waals surface area contributed by atoms with E-state index in [1.807, 2.05) is 26.5 Å². The van der Waals surface area contributed by atoms with Gasteiger partial charge >= 0.3 is 5.69 Å². The van der Waals surface area contributed by atoms with Gasteiger partial charge in [-0.1, -0.05) is 41.4 Å². The van der Waals surface area contributed by atoms with Crippen LogP contribution in [-0.2, 0) is 30.2 Å². The summed E-state index contributed by atoms with van der Waals surface area (Å²) in [6.45, 7) is 2.38. The largest absolute Gasteiger partial charge is 0.340 e. The number of anilines is 2. The first-order valence-corrected chi connectivity index (χ1v) is 13.9. The Kier molecular flexibility index (Phi) is 6.96. The van der Waals surface area contributed by atoms with Gasteiger partial charge in [0.25, 0.3) is 11.5 Å². The summed E-state index contributed by atoms with van der Waals surface area (Å²) in [7, 11) is 3.05. The third kappa shape index (κ3) is 4.73. The molecule has 0 spiro atoms. The minimum absolute atomic E-state index is 0.0958. The Morgan fingerprint density at radius 3 is 2.27 bits per heavy atom. The van der Waals surface area contributed by atoms with E-state index in [1.165, 1.54) is 16.5 Å². The van der Waals surface area contributed by atoms with E-state index >= 15 is 0 Å². The normalized spacial score (nSPS) is 18.2. The number of carbonyl (C=O) groups is 2. The van der Waals surface area contributed by atoms with Crippen LogP contribution in [0.3, 0.4) is 0 Å². The van der Waals surface area contributed by atoms with Gasteiger partial charge in [0.05, 0.1) is 24.7 Å². The number of aromatic nitrogens is 4. The topological polar surface area (TPSA) is 106 Å². The predicted molar refractivity (Wildman–Crippen MR) is 157 cm³/mol. The molecule has 212 valence electrons. The van der Waals surface area contributed by atoms with Crippen molar-refractivity contribution in [3.05, 3.63) is 85.0 Å². The lowest BCUT2D eigenvalue weighted by Gasteiger charge is -2.37. The summed E-state index contributed by atoms with van der Waals surface area (Å²) in [6.07, 6.45) is 0.0958. The molecule has 0 N–H and O–H groups in total. The molecular formula is C28H27Cl2N7O4. The highest BCUT2D eigenvalue weighted by Crippen LogP contribution is 2.29. The Hall–Kier alpha value is -3.93. The molecule has 4 heterocycles. The highest BCUT2D eigenvalue weighted by molar-refractivity contribution is 6.31. The molecule has 2 aliphatic rings. The number of halogens is 2. The molecular weight excluding hydrogens is 569 g/mol. The minimum Gasteiger partial charge on any atom is -0.340 e. The fourth-order valence-electron chi connectivity index (χ4n) is 5.62. The number of carbonyl (C=O) groups excluding carboxylic acids is 2. The molecule has 0 saturated carbocycles. The number of hydrogen-bond acceptors (Lipinski definition) is 7. The fourth-order valence-corrected chi connectivity index (χ4v) is 5.93. The monoisotopic (exact) mass is 595 g/mol. The van der Waals surface area contributed by atoms with E-state index in [0.29, 0.717) is 65.6 Å². The Morgan fingerprint density at radius 1 is 0.878 bits per heavy atom. The van der Waals surface area contributed by atoms with Crippen molar-refractivity contribution in [3.63, 3.8) is 0 Å². The molecule has 2 amide bonds. The second kappa shape index (κ2) is 10.5. The van der Waals surface area contributed by atoms with Crippen LogP contribution < -0.4 is 21.0 Å². The maximum atomic E-state index is 13.3. The van der Waals surface area contributed by atoms with E-state index in [2.05, 4.69) is 0 Å². The highest BCUT2D eigenvalue weighted by atomic mass is 35.5. The zero-order valence-electron chi connectivity index (χ0n) is 22.5. The number of nitrogens with zero attached hydrogens (tertiary/aromatic N) is 7. The molecule has 1 atom stereocenters. The van der Waals surface area contributed by atoms with Gasteiger partial charge in [0.15, 0.2) is 11.2 Å². The Bertz CT molecular complexity index is 1800. The van der Waals surface area contributed by atoms with Gasteiger partial charge in [0.2, 0.25) is 11.9 Å². The molecule has 41 heavy (non-hydrogen) atoms. The first-order valence-electron chi connectivity index (χ1n) is 13.2. The molecule has 0 bridgehead atoms. The van der Waals surface area contributed by atoms with Crippen LogP contribution in [0.5, 0.6) is 0 Å². The van der Waals surface area contributed by atoms with Gasteiger partial charge in [-0.15, -0.1) is 0 Å². The molecule has 11 nitrogen and oxygen atoms in total. The Balaban J connectivity index is 1.29. The summed E-state index contributed by atoms with van der Waals surface area (Å²) >= 11 is 12.2. The van der Waals surface area contributed by atoms with E-state index in [9.17, 15) is 19.2 Å². The molecule has 0 radical (unpaired) electrons. The molecule has 2 saturated heterocycles. The Morgan fingerprint density at radius 2 is 1.59 bits per heavy atom. The van der Waals surface area contributed by atoms with Crippen LogP contribution in [-0.4, -0.2) is 67.6 Å². The third-order valence-electron chi connectivity index (χ3n) is 7.81. The maximum Gasteiger partial charge on any atom is 0.332 e. The van der Waals surface area contributed by atoms with Crippen molar-refractivity contribution in [1.29, 1.82) is 0 Å². The second-order valence-corrected chi connectivity index (χ2v) is 11.2. The van der Waals surface area contributed by atoms with Crippen molar-refractivity contribution in [3.8, 4) is 0 Å². The zero-order valence-corrected chi connectivity index (χ0v) is 24.0. The van der Waals surface area contributed by atoms with Crippen LogP contribution in [0.1, 0.15) is 12.0 Å². The number of benzene rings is 2. The maximum absolute atomic E-state index is 13.3. The molecule has 2 aliphatic heterocycles. The molecule has 2 aromatic heterocycles. The van der Waals surface area contributed by atoms with Crippen molar-refractivity contribution in [1.82, 2.24) is 23.6 Å². The number of amides is 2. The quantitative estimate of drug-likeness (QED) is 0.326. The summed E-state index contributed by atoms with van der Waals surface area (Å²) in [6, 6.07) is 13.5. The molecule has 6 rings (SSSR count). The number of imide groups is 1. The number of aryl methyl sites for hydroxylation is 1.